The lowest BCUT2D eigenvalue weighted by Gasteiger charge is -2.10. The predicted octanol–water partition coefficient (Wildman–Crippen LogP) is 2.00. The summed E-state index contributed by atoms with van der Waals surface area (Å²) in [7, 11) is 1.90. The van der Waals surface area contributed by atoms with Crippen molar-refractivity contribution in [2.24, 2.45) is 7.05 Å². The number of hydrogen-bond donors (Lipinski definition) is 1. The molecule has 1 aromatic heterocycles. The Kier molecular flexibility index (Phi) is 3.06. The van der Waals surface area contributed by atoms with E-state index in [-0.39, 0.29) is 0 Å². The summed E-state index contributed by atoms with van der Waals surface area (Å²) in [6, 6.07) is 11.7. The van der Waals surface area contributed by atoms with Crippen LogP contribution in [0.5, 0.6) is 0 Å². The fourth-order valence-corrected chi connectivity index (χ4v) is 1.85. The number of hydrogen-bond acceptors (Lipinski definition) is 2. The van der Waals surface area contributed by atoms with Crippen molar-refractivity contribution in [1.82, 2.24) is 9.78 Å². The molecule has 1 aromatic carbocycles. The molecule has 84 valence electrons. The van der Waals surface area contributed by atoms with Crippen LogP contribution in [0, 0.1) is 6.92 Å². The van der Waals surface area contributed by atoms with Gasteiger partial charge in [0.15, 0.2) is 0 Å². The van der Waals surface area contributed by atoms with Gasteiger partial charge in [0, 0.05) is 19.2 Å². The van der Waals surface area contributed by atoms with Gasteiger partial charge in [-0.2, -0.15) is 5.10 Å². The van der Waals surface area contributed by atoms with Gasteiger partial charge in [-0.1, -0.05) is 30.3 Å². The van der Waals surface area contributed by atoms with Crippen molar-refractivity contribution in [3.05, 3.63) is 53.3 Å². The zero-order chi connectivity index (χ0) is 11.5. The van der Waals surface area contributed by atoms with Gasteiger partial charge in [-0.05, 0) is 18.6 Å². The molecule has 0 amide bonds. The maximum Gasteiger partial charge on any atom is 0.0845 e. The van der Waals surface area contributed by atoms with E-state index in [9.17, 15) is 5.11 Å². The van der Waals surface area contributed by atoms with Gasteiger partial charge in [0.2, 0.25) is 0 Å². The summed E-state index contributed by atoms with van der Waals surface area (Å²) in [6.07, 6.45) is 0.137. The topological polar surface area (TPSA) is 38.0 Å². The highest BCUT2D eigenvalue weighted by atomic mass is 16.3. The molecule has 2 rings (SSSR count). The minimum atomic E-state index is -0.462. The number of aromatic nitrogens is 2. The van der Waals surface area contributed by atoms with Gasteiger partial charge in [0.1, 0.15) is 0 Å². The van der Waals surface area contributed by atoms with Crippen LogP contribution in [0.3, 0.4) is 0 Å². The highest BCUT2D eigenvalue weighted by Crippen LogP contribution is 2.17. The third-order valence-corrected chi connectivity index (χ3v) is 2.69. The summed E-state index contributed by atoms with van der Waals surface area (Å²) in [4.78, 5) is 0. The van der Waals surface area contributed by atoms with E-state index in [4.69, 9.17) is 0 Å². The Morgan fingerprint density at radius 2 is 2.00 bits per heavy atom. The van der Waals surface area contributed by atoms with Crippen molar-refractivity contribution in [2.75, 3.05) is 0 Å². The van der Waals surface area contributed by atoms with Crippen molar-refractivity contribution in [2.45, 2.75) is 19.4 Å². The second-order valence-corrected chi connectivity index (χ2v) is 4.03. The minimum absolute atomic E-state index is 0.462. The molecule has 0 fully saturated rings. The van der Waals surface area contributed by atoms with Crippen LogP contribution in [0.4, 0.5) is 0 Å². The molecule has 16 heavy (non-hydrogen) atoms. The molecule has 0 radical (unpaired) electrons. The second kappa shape index (κ2) is 4.49. The van der Waals surface area contributed by atoms with Gasteiger partial charge in [0.25, 0.3) is 0 Å². The highest BCUT2D eigenvalue weighted by Gasteiger charge is 2.11. The quantitative estimate of drug-likeness (QED) is 0.852. The van der Waals surface area contributed by atoms with Crippen molar-refractivity contribution in [3.8, 4) is 0 Å². The van der Waals surface area contributed by atoms with Gasteiger partial charge in [-0.25, -0.2) is 0 Å². The molecule has 0 spiro atoms. The lowest BCUT2D eigenvalue weighted by Crippen LogP contribution is -2.06. The van der Waals surface area contributed by atoms with Gasteiger partial charge in [-0.15, -0.1) is 0 Å². The second-order valence-electron chi connectivity index (χ2n) is 4.03. The van der Waals surface area contributed by atoms with E-state index in [1.807, 2.05) is 55.1 Å². The average Bonchev–Trinajstić information content (AvgIpc) is 2.59. The normalized spacial score (nSPS) is 12.7. The van der Waals surface area contributed by atoms with Crippen LogP contribution in [0.1, 0.15) is 23.1 Å². The van der Waals surface area contributed by atoms with Crippen molar-refractivity contribution < 1.29 is 5.11 Å². The molecule has 0 bridgehead atoms. The van der Waals surface area contributed by atoms with Gasteiger partial charge >= 0.3 is 0 Å². The van der Waals surface area contributed by atoms with E-state index in [1.54, 1.807) is 0 Å². The Labute approximate surface area is 95.3 Å². The monoisotopic (exact) mass is 216 g/mol. The molecule has 1 atom stereocenters. The third kappa shape index (κ3) is 2.31. The molecular weight excluding hydrogens is 200 g/mol. The molecule has 1 N–H and O–H groups in total. The maximum absolute atomic E-state index is 10.1. The molecule has 0 saturated heterocycles. The summed E-state index contributed by atoms with van der Waals surface area (Å²) in [5.41, 5.74) is 2.98. The zero-order valence-electron chi connectivity index (χ0n) is 9.59. The number of nitrogens with zero attached hydrogens (tertiary/aromatic N) is 2. The first-order chi connectivity index (χ1) is 7.66. The van der Waals surface area contributed by atoms with E-state index < -0.39 is 6.10 Å². The zero-order valence-corrected chi connectivity index (χ0v) is 9.59. The number of aliphatic hydroxyl groups excluding tert-OH is 1. The maximum atomic E-state index is 10.1. The van der Waals surface area contributed by atoms with Crippen LogP contribution in [0.15, 0.2) is 36.4 Å². The molecule has 0 aliphatic rings. The van der Waals surface area contributed by atoms with E-state index in [0.717, 1.165) is 17.0 Å². The van der Waals surface area contributed by atoms with Crippen molar-refractivity contribution in [3.63, 3.8) is 0 Å². The number of aryl methyl sites for hydroxylation is 2. The Morgan fingerprint density at radius 3 is 2.56 bits per heavy atom. The largest absolute Gasteiger partial charge is 0.388 e. The summed E-state index contributed by atoms with van der Waals surface area (Å²) in [5.74, 6) is 0. The standard InChI is InChI=1S/C13H16N2O/c1-10-8-12(15(2)14-10)9-13(16)11-6-4-3-5-7-11/h3-8,13,16H,9H2,1-2H3. The Bertz CT molecular complexity index is 462. The van der Waals surface area contributed by atoms with Crippen molar-refractivity contribution >= 4 is 0 Å². The molecule has 0 aliphatic heterocycles. The Balaban J connectivity index is 2.14. The molecule has 1 unspecified atom stereocenters. The molecule has 0 saturated carbocycles. The van der Waals surface area contributed by atoms with E-state index in [0.29, 0.717) is 6.42 Å². The third-order valence-electron chi connectivity index (χ3n) is 2.69. The summed E-state index contributed by atoms with van der Waals surface area (Å²) in [6.45, 7) is 1.96. The summed E-state index contributed by atoms with van der Waals surface area (Å²) < 4.78 is 1.82. The first-order valence-electron chi connectivity index (χ1n) is 5.39. The number of rotatable bonds is 3. The predicted molar refractivity (Wildman–Crippen MR) is 63.1 cm³/mol. The Morgan fingerprint density at radius 1 is 1.31 bits per heavy atom. The molecule has 1 heterocycles. The van der Waals surface area contributed by atoms with Crippen LogP contribution >= 0.6 is 0 Å². The fraction of sp³-hybridized carbons (Fsp3) is 0.308. The average molecular weight is 216 g/mol. The molecule has 0 aliphatic carbocycles. The van der Waals surface area contributed by atoms with Crippen molar-refractivity contribution in [1.29, 1.82) is 0 Å². The fourth-order valence-electron chi connectivity index (χ4n) is 1.85. The summed E-state index contributed by atoms with van der Waals surface area (Å²) >= 11 is 0. The van der Waals surface area contributed by atoms with Gasteiger partial charge in [-0.3, -0.25) is 4.68 Å². The molecular formula is C13H16N2O. The minimum Gasteiger partial charge on any atom is -0.388 e. The number of benzene rings is 1. The first-order valence-corrected chi connectivity index (χ1v) is 5.39. The SMILES string of the molecule is Cc1cc(CC(O)c2ccccc2)n(C)n1. The smallest absolute Gasteiger partial charge is 0.0845 e. The van der Waals surface area contributed by atoms with Gasteiger partial charge in [0.05, 0.1) is 11.8 Å². The van der Waals surface area contributed by atoms with Gasteiger partial charge < -0.3 is 5.11 Å². The molecule has 3 heteroatoms. The number of aliphatic hydroxyl groups is 1. The van der Waals surface area contributed by atoms with Crippen LogP contribution in [-0.2, 0) is 13.5 Å². The lowest BCUT2D eigenvalue weighted by atomic mass is 10.1. The van der Waals surface area contributed by atoms with Crippen LogP contribution in [-0.4, -0.2) is 14.9 Å². The van der Waals surface area contributed by atoms with Crippen LogP contribution in [0.25, 0.3) is 0 Å². The summed E-state index contributed by atoms with van der Waals surface area (Å²) in [5, 5.41) is 14.3. The Hall–Kier alpha value is -1.61. The van der Waals surface area contributed by atoms with E-state index in [2.05, 4.69) is 5.10 Å². The van der Waals surface area contributed by atoms with E-state index in [1.165, 1.54) is 0 Å². The van der Waals surface area contributed by atoms with Crippen LogP contribution in [0.2, 0.25) is 0 Å². The first kappa shape index (κ1) is 10.9. The van der Waals surface area contributed by atoms with E-state index >= 15 is 0 Å². The highest BCUT2D eigenvalue weighted by molar-refractivity contribution is 5.20. The molecule has 3 nitrogen and oxygen atoms in total. The molecule has 2 aromatic rings. The van der Waals surface area contributed by atoms with Crippen LogP contribution < -0.4 is 0 Å². The lowest BCUT2D eigenvalue weighted by molar-refractivity contribution is 0.176.